The second-order valence-electron chi connectivity index (χ2n) is 12.4. The zero-order valence-electron chi connectivity index (χ0n) is 30.4. The standard InChI is InChI=1S/C39H40N4/c1-27-18-19-40-37(22-27)42-20-8-12-30-14-16-32(24-35(30)42)39(3,4)33-17-15-31-13-9-21-43(36(31)25-33)38-23-28(2)34(26-41-38)29-10-6-5-7-11-29/h5-7,10-11,14-19,22-26H,8-9,12-13,20-21H2,1-4H3/i5D,6D,7D,10D,11D. The molecule has 2 aromatic heterocycles. The molecule has 4 nitrogen and oxygen atoms in total. The van der Waals surface area contributed by atoms with Crippen LogP contribution in [0.25, 0.3) is 11.1 Å². The van der Waals surface area contributed by atoms with Crippen molar-refractivity contribution < 1.29 is 6.85 Å². The molecule has 3 aromatic carbocycles. The summed E-state index contributed by atoms with van der Waals surface area (Å²) in [5.74, 6) is 1.78. The van der Waals surface area contributed by atoms with Gasteiger partial charge in [0.25, 0.3) is 0 Å². The second kappa shape index (κ2) is 11.0. The lowest BCUT2D eigenvalue weighted by Crippen LogP contribution is -2.28. The number of benzene rings is 3. The predicted octanol–water partition coefficient (Wildman–Crippen LogP) is 9.25. The first-order chi connectivity index (χ1) is 23.0. The van der Waals surface area contributed by atoms with Crippen molar-refractivity contribution in [3.63, 3.8) is 0 Å². The highest BCUT2D eigenvalue weighted by Crippen LogP contribution is 2.42. The topological polar surface area (TPSA) is 32.3 Å². The van der Waals surface area contributed by atoms with E-state index in [4.69, 9.17) is 16.8 Å². The van der Waals surface area contributed by atoms with Gasteiger partial charge in [-0.3, -0.25) is 0 Å². The Labute approximate surface area is 263 Å². The summed E-state index contributed by atoms with van der Waals surface area (Å²) >= 11 is 0. The van der Waals surface area contributed by atoms with Crippen molar-refractivity contribution in [3.05, 3.63) is 131 Å². The number of hydrogen-bond acceptors (Lipinski definition) is 4. The van der Waals surface area contributed by atoms with Gasteiger partial charge >= 0.3 is 0 Å². The van der Waals surface area contributed by atoms with Gasteiger partial charge in [-0.25, -0.2) is 9.97 Å². The molecule has 0 radical (unpaired) electrons. The molecule has 0 spiro atoms. The molecule has 0 fully saturated rings. The lowest BCUT2D eigenvalue weighted by atomic mass is 9.76. The molecule has 0 saturated carbocycles. The van der Waals surface area contributed by atoms with Gasteiger partial charge in [-0.15, -0.1) is 0 Å². The van der Waals surface area contributed by atoms with Crippen molar-refractivity contribution in [2.75, 3.05) is 22.9 Å². The van der Waals surface area contributed by atoms with Crippen LogP contribution in [0.5, 0.6) is 0 Å². The van der Waals surface area contributed by atoms with E-state index in [0.717, 1.165) is 61.7 Å². The van der Waals surface area contributed by atoms with Gasteiger partial charge in [0, 0.05) is 47.8 Å². The molecule has 2 aliphatic rings. The Kier molecular flexibility index (Phi) is 5.67. The molecule has 2 aliphatic heterocycles. The minimum atomic E-state index is -0.393. The molecule has 4 heterocycles. The van der Waals surface area contributed by atoms with Crippen LogP contribution < -0.4 is 9.80 Å². The summed E-state index contributed by atoms with van der Waals surface area (Å²) in [6.07, 6.45) is 7.70. The molecular weight excluding hydrogens is 524 g/mol. The van der Waals surface area contributed by atoms with Gasteiger partial charge in [-0.05, 0) is 109 Å². The minimum Gasteiger partial charge on any atom is -0.326 e. The van der Waals surface area contributed by atoms with Gasteiger partial charge < -0.3 is 9.80 Å². The summed E-state index contributed by atoms with van der Waals surface area (Å²) < 4.78 is 41.2. The van der Waals surface area contributed by atoms with Crippen LogP contribution in [0.4, 0.5) is 23.0 Å². The van der Waals surface area contributed by atoms with Crippen molar-refractivity contribution in [2.24, 2.45) is 0 Å². The highest BCUT2D eigenvalue weighted by Gasteiger charge is 2.29. The van der Waals surface area contributed by atoms with Gasteiger partial charge in [0.2, 0.25) is 0 Å². The van der Waals surface area contributed by atoms with Gasteiger partial charge in [-0.1, -0.05) is 68.3 Å². The van der Waals surface area contributed by atoms with E-state index in [1.807, 2.05) is 25.3 Å². The number of rotatable bonds is 5. The Balaban J connectivity index is 1.25. The molecule has 5 aromatic rings. The van der Waals surface area contributed by atoms with Crippen molar-refractivity contribution >= 4 is 23.0 Å². The van der Waals surface area contributed by atoms with Crippen molar-refractivity contribution in [3.8, 4) is 11.1 Å². The van der Waals surface area contributed by atoms with E-state index in [2.05, 4.69) is 73.0 Å². The zero-order valence-corrected chi connectivity index (χ0v) is 25.4. The summed E-state index contributed by atoms with van der Waals surface area (Å²) in [7, 11) is 0. The SMILES string of the molecule is [2H]c1c([2H])c([2H])c(-c2cnc(N3CCCc4ccc(C(C)(C)c5ccc6c(c5)N(c5cc(C)ccn5)CCC6)cc43)cc2C)c([2H])c1[2H]. The Morgan fingerprint density at radius 3 is 1.91 bits per heavy atom. The van der Waals surface area contributed by atoms with Gasteiger partial charge in [0.05, 0.1) is 6.85 Å². The highest BCUT2D eigenvalue weighted by molar-refractivity contribution is 5.73. The van der Waals surface area contributed by atoms with E-state index in [1.54, 1.807) is 6.20 Å². The quantitative estimate of drug-likeness (QED) is 0.211. The van der Waals surface area contributed by atoms with Crippen LogP contribution in [0.3, 0.4) is 0 Å². The van der Waals surface area contributed by atoms with E-state index in [1.165, 1.54) is 33.5 Å². The molecule has 0 atom stereocenters. The van der Waals surface area contributed by atoms with Crippen molar-refractivity contribution in [2.45, 2.75) is 58.8 Å². The molecule has 7 rings (SSSR count). The van der Waals surface area contributed by atoms with Crippen LogP contribution in [-0.2, 0) is 18.3 Å². The minimum absolute atomic E-state index is 0.183. The lowest BCUT2D eigenvalue weighted by Gasteiger charge is -2.35. The van der Waals surface area contributed by atoms with E-state index in [0.29, 0.717) is 5.56 Å². The fourth-order valence-corrected chi connectivity index (χ4v) is 6.57. The molecule has 216 valence electrons. The number of aromatic nitrogens is 2. The summed E-state index contributed by atoms with van der Waals surface area (Å²) in [4.78, 5) is 14.2. The van der Waals surface area contributed by atoms with Crippen molar-refractivity contribution in [1.82, 2.24) is 9.97 Å². The summed E-state index contributed by atoms with van der Waals surface area (Å²) in [5, 5.41) is 0. The zero-order chi connectivity index (χ0) is 33.9. The fraction of sp³-hybridized carbons (Fsp3) is 0.282. The normalized spacial score (nSPS) is 16.4. The average molecular weight is 570 g/mol. The first kappa shape index (κ1) is 22.1. The largest absolute Gasteiger partial charge is 0.326 e. The smallest absolute Gasteiger partial charge is 0.133 e. The van der Waals surface area contributed by atoms with Gasteiger partial charge in [-0.2, -0.15) is 0 Å². The maximum Gasteiger partial charge on any atom is 0.133 e. The maximum atomic E-state index is 8.47. The van der Waals surface area contributed by atoms with Crippen LogP contribution in [-0.4, -0.2) is 23.1 Å². The average Bonchev–Trinajstić information content (AvgIpc) is 3.09. The molecule has 0 aliphatic carbocycles. The maximum absolute atomic E-state index is 8.47. The van der Waals surface area contributed by atoms with Crippen LogP contribution in [0.2, 0.25) is 0 Å². The first-order valence-corrected chi connectivity index (χ1v) is 15.2. The Morgan fingerprint density at radius 2 is 1.33 bits per heavy atom. The van der Waals surface area contributed by atoms with Crippen LogP contribution in [0.15, 0.2) is 97.2 Å². The second-order valence-corrected chi connectivity index (χ2v) is 12.4. The lowest BCUT2D eigenvalue weighted by molar-refractivity contribution is 0.636. The Hall–Kier alpha value is -4.44. The summed E-state index contributed by atoms with van der Waals surface area (Å²) in [5.41, 5.74) is 9.95. The van der Waals surface area contributed by atoms with E-state index in [9.17, 15) is 0 Å². The summed E-state index contributed by atoms with van der Waals surface area (Å²) in [6.45, 7) is 10.4. The molecule has 0 N–H and O–H groups in total. The third-order valence-corrected chi connectivity index (χ3v) is 9.17. The summed E-state index contributed by atoms with van der Waals surface area (Å²) in [6, 6.07) is 18.5. The number of pyridine rings is 2. The highest BCUT2D eigenvalue weighted by atomic mass is 15.2. The molecule has 0 unspecified atom stereocenters. The van der Waals surface area contributed by atoms with Gasteiger partial charge in [0.1, 0.15) is 11.6 Å². The van der Waals surface area contributed by atoms with Gasteiger partial charge in [0.15, 0.2) is 0 Å². The van der Waals surface area contributed by atoms with E-state index < -0.39 is 6.04 Å². The monoisotopic (exact) mass is 569 g/mol. The third kappa shape index (κ3) is 5.09. The van der Waals surface area contributed by atoms with Crippen LogP contribution in [0, 0.1) is 13.8 Å². The third-order valence-electron chi connectivity index (χ3n) is 9.17. The van der Waals surface area contributed by atoms with Crippen molar-refractivity contribution in [1.29, 1.82) is 0 Å². The molecule has 4 heteroatoms. The molecule has 43 heavy (non-hydrogen) atoms. The van der Waals surface area contributed by atoms with Crippen LogP contribution in [0.1, 0.15) is 66.9 Å². The van der Waals surface area contributed by atoms with E-state index in [-0.39, 0.29) is 35.1 Å². The van der Waals surface area contributed by atoms with E-state index >= 15 is 0 Å². The Morgan fingerprint density at radius 1 is 0.721 bits per heavy atom. The number of hydrogen-bond donors (Lipinski definition) is 0. The Bertz CT molecular complexity index is 2050. The number of aryl methyl sites for hydroxylation is 4. The molecular formula is C39H40N4. The first-order valence-electron chi connectivity index (χ1n) is 17.7. The molecule has 0 amide bonds. The predicted molar refractivity (Wildman–Crippen MR) is 179 cm³/mol. The number of nitrogens with zero attached hydrogens (tertiary/aromatic N) is 4. The molecule has 0 bridgehead atoms. The van der Waals surface area contributed by atoms with Crippen LogP contribution >= 0.6 is 0 Å². The molecule has 0 saturated heterocycles. The number of fused-ring (bicyclic) bond motifs is 2. The number of anilines is 4. The fourth-order valence-electron chi connectivity index (χ4n) is 6.57.